The Labute approximate surface area is 124 Å². The Morgan fingerprint density at radius 3 is 1.90 bits per heavy atom. The summed E-state index contributed by atoms with van der Waals surface area (Å²) in [5.41, 5.74) is 2.38. The lowest BCUT2D eigenvalue weighted by atomic mass is 9.89. The molecule has 1 nitrogen and oxygen atoms in total. The highest BCUT2D eigenvalue weighted by atomic mass is 19.1. The van der Waals surface area contributed by atoms with Gasteiger partial charge in [0.15, 0.2) is 0 Å². The minimum absolute atomic E-state index is 0.174. The highest BCUT2D eigenvalue weighted by molar-refractivity contribution is 5.21. The molecule has 1 aliphatic rings. The van der Waals surface area contributed by atoms with Crippen LogP contribution in [0.2, 0.25) is 0 Å². The third-order valence-electron chi connectivity index (χ3n) is 4.25. The predicted molar refractivity (Wildman–Crippen MR) is 80.1 cm³/mol. The molecule has 0 radical (unpaired) electrons. The Kier molecular flexibility index (Phi) is 4.30. The molecule has 0 N–H and O–H groups in total. The monoisotopic (exact) mass is 287 g/mol. The zero-order valence-corrected chi connectivity index (χ0v) is 11.9. The van der Waals surface area contributed by atoms with Crippen molar-refractivity contribution in [1.82, 2.24) is 4.90 Å². The zero-order chi connectivity index (χ0) is 14.7. The average molecular weight is 287 g/mol. The summed E-state index contributed by atoms with van der Waals surface area (Å²) in [5, 5.41) is 0. The molecule has 21 heavy (non-hydrogen) atoms. The summed E-state index contributed by atoms with van der Waals surface area (Å²) in [5.74, 6) is 0.163. The standard InChI is InChI=1S/C18H19F2N/c19-17-5-1-14(2-6-17)13-21-11-9-16(10-12-21)15-3-7-18(20)8-4-15/h1-8,16H,9-13H2. The van der Waals surface area contributed by atoms with Crippen LogP contribution in [0.15, 0.2) is 48.5 Å². The van der Waals surface area contributed by atoms with Gasteiger partial charge in [0.05, 0.1) is 0 Å². The van der Waals surface area contributed by atoms with Gasteiger partial charge >= 0.3 is 0 Å². The second-order valence-electron chi connectivity index (χ2n) is 5.73. The van der Waals surface area contributed by atoms with Crippen molar-refractivity contribution in [1.29, 1.82) is 0 Å². The molecule has 3 rings (SSSR count). The predicted octanol–water partition coefficient (Wildman–Crippen LogP) is 4.34. The molecular weight excluding hydrogens is 268 g/mol. The highest BCUT2D eigenvalue weighted by Crippen LogP contribution is 2.28. The van der Waals surface area contributed by atoms with Crippen molar-refractivity contribution in [3.05, 3.63) is 71.3 Å². The van der Waals surface area contributed by atoms with Gasteiger partial charge in [0, 0.05) is 6.54 Å². The topological polar surface area (TPSA) is 3.24 Å². The van der Waals surface area contributed by atoms with E-state index in [0.717, 1.165) is 38.0 Å². The molecule has 0 saturated carbocycles. The molecule has 0 amide bonds. The maximum absolute atomic E-state index is 13.0. The fourth-order valence-corrected chi connectivity index (χ4v) is 3.01. The molecule has 0 aliphatic carbocycles. The van der Waals surface area contributed by atoms with Gasteiger partial charge in [-0.25, -0.2) is 8.78 Å². The van der Waals surface area contributed by atoms with E-state index >= 15 is 0 Å². The van der Waals surface area contributed by atoms with Crippen LogP contribution in [0.5, 0.6) is 0 Å². The molecule has 0 bridgehead atoms. The first-order valence-electron chi connectivity index (χ1n) is 7.43. The van der Waals surface area contributed by atoms with Crippen molar-refractivity contribution in [2.45, 2.75) is 25.3 Å². The van der Waals surface area contributed by atoms with Crippen LogP contribution in [0.1, 0.15) is 29.9 Å². The number of hydrogen-bond donors (Lipinski definition) is 0. The summed E-state index contributed by atoms with van der Waals surface area (Å²) in [7, 11) is 0. The Hall–Kier alpha value is -1.74. The van der Waals surface area contributed by atoms with Crippen LogP contribution in [0, 0.1) is 11.6 Å². The molecule has 1 heterocycles. The first-order valence-corrected chi connectivity index (χ1v) is 7.43. The van der Waals surface area contributed by atoms with E-state index in [1.54, 1.807) is 12.1 Å². The van der Waals surface area contributed by atoms with Gasteiger partial charge in [-0.3, -0.25) is 4.90 Å². The third-order valence-corrected chi connectivity index (χ3v) is 4.25. The summed E-state index contributed by atoms with van der Waals surface area (Å²) < 4.78 is 25.8. The number of halogens is 2. The van der Waals surface area contributed by atoms with E-state index in [0.29, 0.717) is 5.92 Å². The Morgan fingerprint density at radius 2 is 1.33 bits per heavy atom. The number of benzene rings is 2. The van der Waals surface area contributed by atoms with Crippen molar-refractivity contribution in [3.63, 3.8) is 0 Å². The number of likely N-dealkylation sites (tertiary alicyclic amines) is 1. The van der Waals surface area contributed by atoms with Gasteiger partial charge in [-0.2, -0.15) is 0 Å². The van der Waals surface area contributed by atoms with Crippen LogP contribution in [0.4, 0.5) is 8.78 Å². The van der Waals surface area contributed by atoms with Crippen molar-refractivity contribution >= 4 is 0 Å². The molecular formula is C18H19F2N. The Balaban J connectivity index is 1.55. The van der Waals surface area contributed by atoms with Crippen molar-refractivity contribution < 1.29 is 8.78 Å². The molecule has 1 saturated heterocycles. The lowest BCUT2D eigenvalue weighted by Crippen LogP contribution is -2.32. The molecule has 0 atom stereocenters. The number of nitrogens with zero attached hydrogens (tertiary/aromatic N) is 1. The molecule has 1 fully saturated rings. The van der Waals surface area contributed by atoms with Gasteiger partial charge in [0.2, 0.25) is 0 Å². The molecule has 0 unspecified atom stereocenters. The summed E-state index contributed by atoms with van der Waals surface area (Å²) in [6, 6.07) is 13.6. The number of piperidine rings is 1. The van der Waals surface area contributed by atoms with E-state index in [9.17, 15) is 8.78 Å². The lowest BCUT2D eigenvalue weighted by Gasteiger charge is -2.32. The van der Waals surface area contributed by atoms with Gasteiger partial charge < -0.3 is 0 Å². The van der Waals surface area contributed by atoms with Crippen LogP contribution in [-0.2, 0) is 6.54 Å². The maximum Gasteiger partial charge on any atom is 0.123 e. The van der Waals surface area contributed by atoms with Crippen LogP contribution in [-0.4, -0.2) is 18.0 Å². The molecule has 0 spiro atoms. The minimum Gasteiger partial charge on any atom is -0.299 e. The third kappa shape index (κ3) is 3.67. The second kappa shape index (κ2) is 6.35. The van der Waals surface area contributed by atoms with Gasteiger partial charge in [0.1, 0.15) is 11.6 Å². The molecule has 3 heteroatoms. The summed E-state index contributed by atoms with van der Waals surface area (Å²) in [6.07, 6.45) is 2.18. The van der Waals surface area contributed by atoms with Gasteiger partial charge in [0.25, 0.3) is 0 Å². The molecule has 0 aromatic heterocycles. The van der Waals surface area contributed by atoms with Crippen LogP contribution < -0.4 is 0 Å². The minimum atomic E-state index is -0.186. The van der Waals surface area contributed by atoms with E-state index in [2.05, 4.69) is 4.90 Å². The fourth-order valence-electron chi connectivity index (χ4n) is 3.01. The van der Waals surface area contributed by atoms with Crippen LogP contribution in [0.3, 0.4) is 0 Å². The van der Waals surface area contributed by atoms with Crippen molar-refractivity contribution in [2.24, 2.45) is 0 Å². The van der Waals surface area contributed by atoms with E-state index in [4.69, 9.17) is 0 Å². The van der Waals surface area contributed by atoms with Gasteiger partial charge in [-0.1, -0.05) is 24.3 Å². The van der Waals surface area contributed by atoms with E-state index in [-0.39, 0.29) is 11.6 Å². The molecule has 2 aromatic rings. The molecule has 1 aliphatic heterocycles. The van der Waals surface area contributed by atoms with Crippen LogP contribution in [0.25, 0.3) is 0 Å². The van der Waals surface area contributed by atoms with E-state index < -0.39 is 0 Å². The average Bonchev–Trinajstić information content (AvgIpc) is 2.51. The lowest BCUT2D eigenvalue weighted by molar-refractivity contribution is 0.204. The number of rotatable bonds is 3. The van der Waals surface area contributed by atoms with Gasteiger partial charge in [-0.15, -0.1) is 0 Å². The fraction of sp³-hybridized carbons (Fsp3) is 0.333. The summed E-state index contributed by atoms with van der Waals surface area (Å²) in [6.45, 7) is 2.93. The highest BCUT2D eigenvalue weighted by Gasteiger charge is 2.20. The normalized spacial score (nSPS) is 17.0. The Bertz CT molecular complexity index is 569. The van der Waals surface area contributed by atoms with Crippen LogP contribution >= 0.6 is 0 Å². The molecule has 2 aromatic carbocycles. The van der Waals surface area contributed by atoms with Gasteiger partial charge in [-0.05, 0) is 67.2 Å². The second-order valence-corrected chi connectivity index (χ2v) is 5.73. The van der Waals surface area contributed by atoms with E-state index in [1.165, 1.54) is 17.7 Å². The smallest absolute Gasteiger partial charge is 0.123 e. The summed E-state index contributed by atoms with van der Waals surface area (Å²) in [4.78, 5) is 2.40. The quantitative estimate of drug-likeness (QED) is 0.811. The van der Waals surface area contributed by atoms with E-state index in [1.807, 2.05) is 24.3 Å². The maximum atomic E-state index is 13.0. The Morgan fingerprint density at radius 1 is 0.810 bits per heavy atom. The SMILES string of the molecule is Fc1ccc(CN2CCC(c3ccc(F)cc3)CC2)cc1. The molecule has 110 valence electrons. The largest absolute Gasteiger partial charge is 0.299 e. The van der Waals surface area contributed by atoms with Crippen molar-refractivity contribution in [2.75, 3.05) is 13.1 Å². The van der Waals surface area contributed by atoms with Crippen molar-refractivity contribution in [3.8, 4) is 0 Å². The first kappa shape index (κ1) is 14.2. The zero-order valence-electron chi connectivity index (χ0n) is 11.9. The number of hydrogen-bond acceptors (Lipinski definition) is 1. The first-order chi connectivity index (χ1) is 10.2. The summed E-state index contributed by atoms with van der Waals surface area (Å²) >= 11 is 0.